The van der Waals surface area contributed by atoms with E-state index in [1.807, 2.05) is 0 Å². The summed E-state index contributed by atoms with van der Waals surface area (Å²) in [7, 11) is 0. The second-order valence-electron chi connectivity index (χ2n) is 8.10. The van der Waals surface area contributed by atoms with Crippen molar-refractivity contribution in [1.29, 1.82) is 0 Å². The van der Waals surface area contributed by atoms with E-state index in [0.717, 1.165) is 6.20 Å². The molecule has 0 saturated heterocycles. The Morgan fingerprint density at radius 3 is 2.46 bits per heavy atom. The minimum absolute atomic E-state index is 0.0474. The third kappa shape index (κ3) is 5.60. The Balaban J connectivity index is 1.52. The molecule has 0 aliphatic carbocycles. The molecule has 0 bridgehead atoms. The van der Waals surface area contributed by atoms with Crippen molar-refractivity contribution in [2.45, 2.75) is 19.1 Å². The van der Waals surface area contributed by atoms with E-state index in [-0.39, 0.29) is 34.2 Å². The van der Waals surface area contributed by atoms with Gasteiger partial charge in [0.05, 0.1) is 46.5 Å². The summed E-state index contributed by atoms with van der Waals surface area (Å²) in [5.74, 6) is -1.35. The van der Waals surface area contributed by atoms with Crippen molar-refractivity contribution < 1.29 is 22.3 Å². The Bertz CT molecular complexity index is 1560. The molecule has 0 saturated carbocycles. The van der Waals surface area contributed by atoms with Crippen molar-refractivity contribution in [3.63, 3.8) is 0 Å². The van der Waals surface area contributed by atoms with Crippen LogP contribution in [0.25, 0.3) is 27.9 Å². The molecule has 5 rings (SSSR count). The fraction of sp³-hybridized carbons (Fsp3) is 0.167. The van der Waals surface area contributed by atoms with E-state index in [9.17, 15) is 13.2 Å². The molecular formula is C24H16Cl2F4N8O. The average Bonchev–Trinajstić information content (AvgIpc) is 3.61. The van der Waals surface area contributed by atoms with E-state index < -0.39 is 24.3 Å². The molecular weight excluding hydrogens is 563 g/mol. The largest absolute Gasteiger partial charge is 0.345 e. The van der Waals surface area contributed by atoms with Crippen LogP contribution in [0.3, 0.4) is 0 Å². The SMILES string of the molecule is Fc1cncc(Cl)c1-c1cnn(C(CCOC(F)F)c2ccc(-c3c(-n4cnnn4)ccc(Cl)c3F)cn2)c1. The molecule has 1 atom stereocenters. The van der Waals surface area contributed by atoms with Gasteiger partial charge < -0.3 is 4.74 Å². The third-order valence-electron chi connectivity index (χ3n) is 5.78. The van der Waals surface area contributed by atoms with E-state index >= 15 is 4.39 Å². The van der Waals surface area contributed by atoms with Crippen LogP contribution in [0.5, 0.6) is 0 Å². The zero-order chi connectivity index (χ0) is 27.5. The molecule has 0 aliphatic rings. The van der Waals surface area contributed by atoms with Crippen molar-refractivity contribution in [3.8, 4) is 27.9 Å². The van der Waals surface area contributed by atoms with Gasteiger partial charge in [0, 0.05) is 40.8 Å². The molecule has 0 N–H and O–H groups in total. The van der Waals surface area contributed by atoms with Crippen LogP contribution in [0, 0.1) is 11.6 Å². The summed E-state index contributed by atoms with van der Waals surface area (Å²) < 4.78 is 62.1. The number of tetrazole rings is 1. The average molecular weight is 579 g/mol. The van der Waals surface area contributed by atoms with Gasteiger partial charge in [0.2, 0.25) is 0 Å². The molecule has 0 spiro atoms. The van der Waals surface area contributed by atoms with Crippen LogP contribution < -0.4 is 0 Å². The van der Waals surface area contributed by atoms with Crippen molar-refractivity contribution in [1.82, 2.24) is 40.0 Å². The predicted octanol–water partition coefficient (Wildman–Crippen LogP) is 5.79. The molecule has 0 aliphatic heterocycles. The minimum Gasteiger partial charge on any atom is -0.323 e. The van der Waals surface area contributed by atoms with Crippen LogP contribution in [-0.4, -0.2) is 53.2 Å². The van der Waals surface area contributed by atoms with Crippen LogP contribution in [0.1, 0.15) is 18.2 Å². The van der Waals surface area contributed by atoms with E-state index in [4.69, 9.17) is 23.2 Å². The number of alkyl halides is 2. The number of nitrogens with zero attached hydrogens (tertiary/aromatic N) is 8. The van der Waals surface area contributed by atoms with Gasteiger partial charge in [-0.3, -0.25) is 14.6 Å². The standard InChI is InChI=1S/C24H16Cl2F4N8O/c25-15-2-4-20(38-12-33-35-36-38)22(23(15)28)13-1-3-18(32-7-13)19(5-6-39-24(29)30)37-11-14(8-34-37)21-16(26)9-31-10-17(21)27/h1-4,7-12,19,24H,5-6H2. The number of hydrogen-bond acceptors (Lipinski definition) is 7. The first-order valence-electron chi connectivity index (χ1n) is 11.2. The summed E-state index contributed by atoms with van der Waals surface area (Å²) in [6.07, 6.45) is 7.98. The van der Waals surface area contributed by atoms with Gasteiger partial charge in [0.25, 0.3) is 0 Å². The molecule has 4 aromatic heterocycles. The van der Waals surface area contributed by atoms with E-state index in [1.54, 1.807) is 18.2 Å². The van der Waals surface area contributed by atoms with Crippen LogP contribution in [0.4, 0.5) is 17.6 Å². The van der Waals surface area contributed by atoms with E-state index in [0.29, 0.717) is 22.5 Å². The van der Waals surface area contributed by atoms with E-state index in [2.05, 4.69) is 35.3 Å². The molecule has 4 heterocycles. The first-order chi connectivity index (χ1) is 18.8. The maximum Gasteiger partial charge on any atom is 0.345 e. The lowest BCUT2D eigenvalue weighted by Crippen LogP contribution is -2.16. The molecule has 0 fully saturated rings. The molecule has 0 amide bonds. The van der Waals surface area contributed by atoms with Crippen molar-refractivity contribution in [2.75, 3.05) is 6.61 Å². The van der Waals surface area contributed by atoms with Crippen LogP contribution in [-0.2, 0) is 4.74 Å². The monoisotopic (exact) mass is 578 g/mol. The van der Waals surface area contributed by atoms with Crippen molar-refractivity contribution in [2.24, 2.45) is 0 Å². The summed E-state index contributed by atoms with van der Waals surface area (Å²) in [5, 5.41) is 15.2. The quantitative estimate of drug-likeness (QED) is 0.204. The van der Waals surface area contributed by atoms with Gasteiger partial charge in [0.1, 0.15) is 6.33 Å². The maximum atomic E-state index is 15.1. The smallest absolute Gasteiger partial charge is 0.323 e. The van der Waals surface area contributed by atoms with E-state index in [1.165, 1.54) is 46.5 Å². The lowest BCUT2D eigenvalue weighted by atomic mass is 10.0. The zero-order valence-corrected chi connectivity index (χ0v) is 21.1. The highest BCUT2D eigenvalue weighted by Gasteiger charge is 2.22. The number of rotatable bonds is 9. The Morgan fingerprint density at radius 1 is 0.923 bits per heavy atom. The van der Waals surface area contributed by atoms with Gasteiger partial charge in [-0.05, 0) is 35.0 Å². The van der Waals surface area contributed by atoms with Gasteiger partial charge in [-0.15, -0.1) is 5.10 Å². The van der Waals surface area contributed by atoms with Crippen LogP contribution in [0.15, 0.2) is 61.6 Å². The number of ether oxygens (including phenoxy) is 1. The molecule has 9 nitrogen and oxygen atoms in total. The normalized spacial score (nSPS) is 12.3. The van der Waals surface area contributed by atoms with Gasteiger partial charge >= 0.3 is 6.61 Å². The van der Waals surface area contributed by atoms with Gasteiger partial charge in [0.15, 0.2) is 11.6 Å². The summed E-state index contributed by atoms with van der Waals surface area (Å²) in [6, 6.07) is 5.43. The topological polar surface area (TPSA) is 96.4 Å². The summed E-state index contributed by atoms with van der Waals surface area (Å²) in [6.45, 7) is -3.29. The maximum absolute atomic E-state index is 15.1. The summed E-state index contributed by atoms with van der Waals surface area (Å²) in [5.41, 5.74) is 1.64. The van der Waals surface area contributed by atoms with Crippen molar-refractivity contribution in [3.05, 3.63) is 89.0 Å². The number of pyridine rings is 2. The molecule has 39 heavy (non-hydrogen) atoms. The lowest BCUT2D eigenvalue weighted by Gasteiger charge is -2.18. The molecule has 0 radical (unpaired) electrons. The van der Waals surface area contributed by atoms with Crippen LogP contribution >= 0.6 is 23.2 Å². The Hall–Kier alpha value is -3.94. The van der Waals surface area contributed by atoms with Crippen LogP contribution in [0.2, 0.25) is 10.0 Å². The molecule has 5 aromatic rings. The molecule has 200 valence electrons. The fourth-order valence-electron chi connectivity index (χ4n) is 4.04. The fourth-order valence-corrected chi connectivity index (χ4v) is 4.45. The first kappa shape index (κ1) is 26.7. The molecule has 15 heteroatoms. The molecule has 1 unspecified atom stereocenters. The Kier molecular flexibility index (Phi) is 7.82. The van der Waals surface area contributed by atoms with Crippen molar-refractivity contribution >= 4 is 23.2 Å². The summed E-state index contributed by atoms with van der Waals surface area (Å²) >= 11 is 12.2. The van der Waals surface area contributed by atoms with Gasteiger partial charge in [-0.25, -0.2) is 8.78 Å². The number of hydrogen-bond donors (Lipinski definition) is 0. The number of aromatic nitrogens is 8. The van der Waals surface area contributed by atoms with Gasteiger partial charge in [-0.1, -0.05) is 29.3 Å². The minimum atomic E-state index is -2.96. The highest BCUT2D eigenvalue weighted by molar-refractivity contribution is 6.33. The Morgan fingerprint density at radius 2 is 1.77 bits per heavy atom. The first-order valence-corrected chi connectivity index (χ1v) is 12.0. The highest BCUT2D eigenvalue weighted by Crippen LogP contribution is 2.35. The lowest BCUT2D eigenvalue weighted by molar-refractivity contribution is -0.130. The Labute approximate surface area is 228 Å². The third-order valence-corrected chi connectivity index (χ3v) is 6.36. The predicted molar refractivity (Wildman–Crippen MR) is 132 cm³/mol. The molecule has 1 aromatic carbocycles. The second-order valence-corrected chi connectivity index (χ2v) is 8.92. The summed E-state index contributed by atoms with van der Waals surface area (Å²) in [4.78, 5) is 8.16. The highest BCUT2D eigenvalue weighted by atomic mass is 35.5. The second kappa shape index (κ2) is 11.4. The zero-order valence-electron chi connectivity index (χ0n) is 19.6. The number of halogens is 6. The number of benzene rings is 1. The van der Waals surface area contributed by atoms with Gasteiger partial charge in [-0.2, -0.15) is 18.6 Å².